The summed E-state index contributed by atoms with van der Waals surface area (Å²) in [5.41, 5.74) is -0.191. The fraction of sp³-hybridized carbons (Fsp3) is 1.00. The van der Waals surface area contributed by atoms with Crippen LogP contribution in [0.25, 0.3) is 0 Å². The van der Waals surface area contributed by atoms with Gasteiger partial charge in [-0.05, 0) is 65.8 Å². The molecule has 1 saturated carbocycles. The third kappa shape index (κ3) is 3.62. The van der Waals surface area contributed by atoms with Gasteiger partial charge in [0.15, 0.2) is 0 Å². The van der Waals surface area contributed by atoms with Gasteiger partial charge in [-0.1, -0.05) is 13.8 Å². The van der Waals surface area contributed by atoms with E-state index in [0.717, 1.165) is 6.54 Å². The number of hydrogen-bond acceptors (Lipinski definition) is 3. The Labute approximate surface area is 131 Å². The molecule has 3 nitrogen and oxygen atoms in total. The van der Waals surface area contributed by atoms with Crippen LogP contribution < -0.4 is 0 Å². The lowest BCUT2D eigenvalue weighted by atomic mass is 9.75. The van der Waals surface area contributed by atoms with Crippen molar-refractivity contribution in [2.24, 2.45) is 11.3 Å². The smallest absolute Gasteiger partial charge is 0.0896 e. The fourth-order valence-corrected chi connectivity index (χ4v) is 4.28. The van der Waals surface area contributed by atoms with E-state index in [1.807, 2.05) is 13.8 Å². The van der Waals surface area contributed by atoms with Crippen LogP contribution in [0.3, 0.4) is 0 Å². The number of ether oxygens (including phenoxy) is 1. The molecule has 0 aromatic heterocycles. The summed E-state index contributed by atoms with van der Waals surface area (Å²) in [4.78, 5) is 2.47. The molecule has 0 bridgehead atoms. The third-order valence-corrected chi connectivity index (χ3v) is 5.93. The molecular weight excluding hydrogens is 262 g/mol. The van der Waals surface area contributed by atoms with Crippen molar-refractivity contribution in [2.75, 3.05) is 13.6 Å². The van der Waals surface area contributed by atoms with Gasteiger partial charge in [-0.15, -0.1) is 0 Å². The molecule has 124 valence electrons. The van der Waals surface area contributed by atoms with Gasteiger partial charge < -0.3 is 14.7 Å². The van der Waals surface area contributed by atoms with Crippen molar-refractivity contribution in [2.45, 2.75) is 90.6 Å². The second kappa shape index (κ2) is 5.50. The summed E-state index contributed by atoms with van der Waals surface area (Å²) < 4.78 is 6.11. The van der Waals surface area contributed by atoms with Gasteiger partial charge in [-0.3, -0.25) is 0 Å². The molecule has 21 heavy (non-hydrogen) atoms. The molecule has 1 aliphatic heterocycles. The number of aliphatic hydroxyl groups is 1. The van der Waals surface area contributed by atoms with Crippen LogP contribution in [-0.4, -0.2) is 46.9 Å². The van der Waals surface area contributed by atoms with Crippen molar-refractivity contribution < 1.29 is 9.84 Å². The van der Waals surface area contributed by atoms with E-state index in [-0.39, 0.29) is 11.5 Å². The van der Waals surface area contributed by atoms with Crippen molar-refractivity contribution in [1.29, 1.82) is 0 Å². The fourth-order valence-electron chi connectivity index (χ4n) is 4.28. The molecule has 2 fully saturated rings. The summed E-state index contributed by atoms with van der Waals surface area (Å²) in [6.07, 6.45) is 4.77. The second-order valence-electron chi connectivity index (χ2n) is 9.20. The van der Waals surface area contributed by atoms with E-state index in [1.54, 1.807) is 0 Å². The lowest BCUT2D eigenvalue weighted by Crippen LogP contribution is -2.46. The predicted octanol–water partition coefficient (Wildman–Crippen LogP) is 3.45. The Morgan fingerprint density at radius 3 is 1.95 bits per heavy atom. The third-order valence-electron chi connectivity index (χ3n) is 5.93. The molecule has 2 rings (SSSR count). The van der Waals surface area contributed by atoms with Gasteiger partial charge >= 0.3 is 0 Å². The topological polar surface area (TPSA) is 32.7 Å². The molecule has 2 atom stereocenters. The number of hydrogen-bond donors (Lipinski definition) is 1. The predicted molar refractivity (Wildman–Crippen MR) is 87.4 cm³/mol. The van der Waals surface area contributed by atoms with Crippen molar-refractivity contribution in [3.8, 4) is 0 Å². The summed E-state index contributed by atoms with van der Waals surface area (Å²) in [6.45, 7) is 13.9. The molecule has 1 aliphatic carbocycles. The monoisotopic (exact) mass is 297 g/mol. The molecule has 0 radical (unpaired) electrons. The van der Waals surface area contributed by atoms with Crippen molar-refractivity contribution >= 4 is 0 Å². The van der Waals surface area contributed by atoms with Crippen molar-refractivity contribution in [3.63, 3.8) is 0 Å². The molecule has 0 aromatic rings. The quantitative estimate of drug-likeness (QED) is 0.866. The average molecular weight is 297 g/mol. The summed E-state index contributed by atoms with van der Waals surface area (Å²) in [7, 11) is 2.22. The van der Waals surface area contributed by atoms with Crippen molar-refractivity contribution in [3.05, 3.63) is 0 Å². The molecule has 1 saturated heterocycles. The summed E-state index contributed by atoms with van der Waals surface area (Å²) in [6, 6.07) is 0.657. The maximum Gasteiger partial charge on any atom is 0.0896 e. The Morgan fingerprint density at radius 2 is 1.52 bits per heavy atom. The van der Waals surface area contributed by atoms with Crippen molar-refractivity contribution in [1.82, 2.24) is 4.90 Å². The van der Waals surface area contributed by atoms with E-state index in [9.17, 15) is 5.11 Å². The highest BCUT2D eigenvalue weighted by Gasteiger charge is 2.53. The van der Waals surface area contributed by atoms with E-state index in [2.05, 4.69) is 39.6 Å². The Kier molecular flexibility index (Phi) is 4.52. The van der Waals surface area contributed by atoms with Gasteiger partial charge in [0.25, 0.3) is 0 Å². The maximum absolute atomic E-state index is 10.6. The SMILES string of the molecule is CN(CC1C(O)C(C)(C)OC1(C)C)C1CCC(C)(C)CC1. The van der Waals surface area contributed by atoms with E-state index in [0.29, 0.717) is 11.5 Å². The first-order valence-electron chi connectivity index (χ1n) is 8.53. The van der Waals surface area contributed by atoms with Crippen LogP contribution in [0.5, 0.6) is 0 Å². The number of aliphatic hydroxyl groups excluding tert-OH is 1. The summed E-state index contributed by atoms with van der Waals surface area (Å²) in [5.74, 6) is 0.174. The van der Waals surface area contributed by atoms with Crippen LogP contribution in [0.15, 0.2) is 0 Å². The standard InChI is InChI=1S/C18H35NO2/c1-16(2)10-8-13(9-11-16)19(7)12-14-15(20)18(5,6)21-17(14,3)4/h13-15,20H,8-12H2,1-7H3. The van der Waals surface area contributed by atoms with Gasteiger partial charge in [-0.2, -0.15) is 0 Å². The molecule has 0 aromatic carbocycles. The Balaban J connectivity index is 1.98. The van der Waals surface area contributed by atoms with Gasteiger partial charge in [0.2, 0.25) is 0 Å². The lowest BCUT2D eigenvalue weighted by Gasteiger charge is -2.41. The molecule has 0 amide bonds. The normalized spacial score (nSPS) is 35.3. The van der Waals surface area contributed by atoms with Crippen LogP contribution in [0.4, 0.5) is 0 Å². The zero-order chi connectivity index (χ0) is 16.1. The van der Waals surface area contributed by atoms with E-state index in [1.165, 1.54) is 25.7 Å². The van der Waals surface area contributed by atoms with E-state index >= 15 is 0 Å². The first kappa shape index (κ1) is 17.2. The van der Waals surface area contributed by atoms with Gasteiger partial charge in [-0.25, -0.2) is 0 Å². The minimum atomic E-state index is -0.441. The molecule has 2 unspecified atom stereocenters. The summed E-state index contributed by atoms with van der Waals surface area (Å²) >= 11 is 0. The van der Waals surface area contributed by atoms with Gasteiger partial charge in [0.1, 0.15) is 0 Å². The molecular formula is C18H35NO2. The van der Waals surface area contributed by atoms with Crippen LogP contribution >= 0.6 is 0 Å². The first-order valence-corrected chi connectivity index (χ1v) is 8.53. The van der Waals surface area contributed by atoms with Gasteiger partial charge in [0, 0.05) is 18.5 Å². The average Bonchev–Trinajstić information content (AvgIpc) is 2.47. The van der Waals surface area contributed by atoms with Crippen LogP contribution in [-0.2, 0) is 4.74 Å². The largest absolute Gasteiger partial charge is 0.390 e. The molecule has 0 spiro atoms. The number of nitrogens with zero attached hydrogens (tertiary/aromatic N) is 1. The Hall–Kier alpha value is -0.120. The zero-order valence-electron chi connectivity index (χ0n) is 15.1. The van der Waals surface area contributed by atoms with Crippen LogP contribution in [0.2, 0.25) is 0 Å². The van der Waals surface area contributed by atoms with Gasteiger partial charge in [0.05, 0.1) is 17.3 Å². The highest BCUT2D eigenvalue weighted by Crippen LogP contribution is 2.43. The maximum atomic E-state index is 10.6. The molecule has 2 aliphatic rings. The molecule has 1 N–H and O–H groups in total. The van der Waals surface area contributed by atoms with Crippen LogP contribution in [0.1, 0.15) is 67.2 Å². The second-order valence-corrected chi connectivity index (χ2v) is 9.20. The minimum Gasteiger partial charge on any atom is -0.390 e. The zero-order valence-corrected chi connectivity index (χ0v) is 15.1. The molecule has 1 heterocycles. The summed E-state index contributed by atoms with van der Waals surface area (Å²) in [5, 5.41) is 10.6. The Morgan fingerprint density at radius 1 is 1.00 bits per heavy atom. The Bertz CT molecular complexity index is 365. The highest BCUT2D eigenvalue weighted by atomic mass is 16.5. The van der Waals surface area contributed by atoms with E-state index in [4.69, 9.17) is 4.74 Å². The first-order chi connectivity index (χ1) is 9.45. The minimum absolute atomic E-state index is 0.174. The highest BCUT2D eigenvalue weighted by molar-refractivity contribution is 5.02. The molecule has 3 heteroatoms. The number of rotatable bonds is 3. The van der Waals surface area contributed by atoms with Crippen LogP contribution in [0, 0.1) is 11.3 Å². The lowest BCUT2D eigenvalue weighted by molar-refractivity contribution is -0.0915. The van der Waals surface area contributed by atoms with E-state index < -0.39 is 11.7 Å².